The first-order valence-corrected chi connectivity index (χ1v) is 10.9. The SMILES string of the molecule is O=C(CN1CC(=O)Nc2ccccc21)Nc1ccc(S(=O)(=O)N2CCCC2)cc1. The lowest BCUT2D eigenvalue weighted by atomic mass is 10.2. The van der Waals surface area contributed by atoms with E-state index in [2.05, 4.69) is 10.6 Å². The Morgan fingerprint density at radius 3 is 2.45 bits per heavy atom. The number of hydrogen-bond donors (Lipinski definition) is 2. The van der Waals surface area contributed by atoms with Crippen molar-refractivity contribution < 1.29 is 18.0 Å². The van der Waals surface area contributed by atoms with Crippen LogP contribution < -0.4 is 15.5 Å². The van der Waals surface area contributed by atoms with Crippen LogP contribution in [0, 0.1) is 0 Å². The summed E-state index contributed by atoms with van der Waals surface area (Å²) in [6, 6.07) is 13.5. The molecule has 1 fully saturated rings. The monoisotopic (exact) mass is 414 g/mol. The van der Waals surface area contributed by atoms with Gasteiger partial charge in [-0.25, -0.2) is 8.42 Å². The van der Waals surface area contributed by atoms with Gasteiger partial charge in [0.15, 0.2) is 0 Å². The number of para-hydroxylation sites is 2. The summed E-state index contributed by atoms with van der Waals surface area (Å²) in [4.78, 5) is 26.3. The van der Waals surface area contributed by atoms with Crippen LogP contribution in [0.3, 0.4) is 0 Å². The van der Waals surface area contributed by atoms with Gasteiger partial charge in [-0.2, -0.15) is 4.31 Å². The molecular weight excluding hydrogens is 392 g/mol. The third kappa shape index (κ3) is 4.10. The number of carbonyl (C=O) groups is 2. The maximum absolute atomic E-state index is 12.6. The second-order valence-corrected chi connectivity index (χ2v) is 9.04. The standard InChI is InChI=1S/C20H22N4O4S/c25-19(13-23-14-20(26)22-17-5-1-2-6-18(17)23)21-15-7-9-16(10-8-15)29(27,28)24-11-3-4-12-24/h1-2,5-10H,3-4,11-14H2,(H,21,25)(H,22,26). The molecule has 2 aliphatic rings. The highest BCUT2D eigenvalue weighted by atomic mass is 32.2. The van der Waals surface area contributed by atoms with E-state index in [9.17, 15) is 18.0 Å². The van der Waals surface area contributed by atoms with E-state index in [1.165, 1.54) is 16.4 Å². The molecule has 1 saturated heterocycles. The van der Waals surface area contributed by atoms with E-state index in [0.29, 0.717) is 24.5 Å². The van der Waals surface area contributed by atoms with E-state index < -0.39 is 10.0 Å². The fraction of sp³-hybridized carbons (Fsp3) is 0.300. The summed E-state index contributed by atoms with van der Waals surface area (Å²) in [5.41, 5.74) is 1.97. The molecule has 0 aliphatic carbocycles. The first-order chi connectivity index (χ1) is 13.9. The molecule has 0 aromatic heterocycles. The summed E-state index contributed by atoms with van der Waals surface area (Å²) < 4.78 is 26.6. The van der Waals surface area contributed by atoms with Crippen LogP contribution in [-0.2, 0) is 19.6 Å². The Hall–Kier alpha value is -2.91. The van der Waals surface area contributed by atoms with Gasteiger partial charge in [-0.1, -0.05) is 12.1 Å². The Kier molecular flexibility index (Phi) is 5.25. The second-order valence-electron chi connectivity index (χ2n) is 7.11. The average Bonchev–Trinajstić information content (AvgIpc) is 3.24. The van der Waals surface area contributed by atoms with Gasteiger partial charge in [-0.15, -0.1) is 0 Å². The maximum atomic E-state index is 12.6. The van der Waals surface area contributed by atoms with Crippen molar-refractivity contribution in [3.8, 4) is 0 Å². The molecule has 2 aromatic rings. The fourth-order valence-electron chi connectivity index (χ4n) is 3.61. The van der Waals surface area contributed by atoms with Crippen LogP contribution in [0.2, 0.25) is 0 Å². The molecule has 0 radical (unpaired) electrons. The van der Waals surface area contributed by atoms with Crippen molar-refractivity contribution in [2.24, 2.45) is 0 Å². The third-order valence-corrected chi connectivity index (χ3v) is 6.94. The van der Waals surface area contributed by atoms with Crippen LogP contribution >= 0.6 is 0 Å². The van der Waals surface area contributed by atoms with Gasteiger partial charge in [0, 0.05) is 18.8 Å². The second kappa shape index (κ2) is 7.84. The molecule has 0 saturated carbocycles. The summed E-state index contributed by atoms with van der Waals surface area (Å²) in [6.07, 6.45) is 1.76. The fourth-order valence-corrected chi connectivity index (χ4v) is 5.12. The van der Waals surface area contributed by atoms with Gasteiger partial charge in [0.2, 0.25) is 21.8 Å². The zero-order chi connectivity index (χ0) is 20.4. The minimum atomic E-state index is -3.48. The van der Waals surface area contributed by atoms with Crippen molar-refractivity contribution >= 4 is 38.9 Å². The molecule has 152 valence electrons. The van der Waals surface area contributed by atoms with Crippen LogP contribution in [0.4, 0.5) is 17.1 Å². The van der Waals surface area contributed by atoms with E-state index in [4.69, 9.17) is 0 Å². The van der Waals surface area contributed by atoms with Crippen molar-refractivity contribution in [1.82, 2.24) is 4.31 Å². The highest BCUT2D eigenvalue weighted by Crippen LogP contribution is 2.28. The summed E-state index contributed by atoms with van der Waals surface area (Å²) in [5.74, 6) is -0.461. The first-order valence-electron chi connectivity index (χ1n) is 9.47. The van der Waals surface area contributed by atoms with Crippen LogP contribution in [0.15, 0.2) is 53.4 Å². The van der Waals surface area contributed by atoms with Crippen LogP contribution in [-0.4, -0.2) is 50.7 Å². The van der Waals surface area contributed by atoms with Crippen molar-refractivity contribution in [2.75, 3.05) is 41.7 Å². The Bertz CT molecular complexity index is 1030. The van der Waals surface area contributed by atoms with E-state index in [0.717, 1.165) is 18.5 Å². The number of sulfonamides is 1. The van der Waals surface area contributed by atoms with Gasteiger partial charge in [-0.3, -0.25) is 9.59 Å². The van der Waals surface area contributed by atoms with E-state index in [1.54, 1.807) is 23.1 Å². The van der Waals surface area contributed by atoms with Crippen molar-refractivity contribution in [3.05, 3.63) is 48.5 Å². The van der Waals surface area contributed by atoms with Gasteiger partial charge < -0.3 is 15.5 Å². The molecule has 9 heteroatoms. The number of hydrogen-bond acceptors (Lipinski definition) is 5. The number of fused-ring (bicyclic) bond motifs is 1. The minimum absolute atomic E-state index is 0.0122. The Balaban J connectivity index is 1.42. The minimum Gasteiger partial charge on any atom is -0.351 e. The molecule has 2 aromatic carbocycles. The quantitative estimate of drug-likeness (QED) is 0.778. The summed E-state index contributed by atoms with van der Waals surface area (Å²) in [6.45, 7) is 1.20. The third-order valence-electron chi connectivity index (χ3n) is 5.03. The van der Waals surface area contributed by atoms with Crippen molar-refractivity contribution in [2.45, 2.75) is 17.7 Å². The largest absolute Gasteiger partial charge is 0.351 e. The number of carbonyl (C=O) groups excluding carboxylic acids is 2. The van der Waals surface area contributed by atoms with Gasteiger partial charge in [-0.05, 0) is 49.2 Å². The number of rotatable bonds is 5. The maximum Gasteiger partial charge on any atom is 0.243 e. The molecule has 0 unspecified atom stereocenters. The highest BCUT2D eigenvalue weighted by Gasteiger charge is 2.27. The van der Waals surface area contributed by atoms with Crippen LogP contribution in [0.25, 0.3) is 0 Å². The van der Waals surface area contributed by atoms with Gasteiger partial charge >= 0.3 is 0 Å². The molecule has 2 N–H and O–H groups in total. The molecule has 0 bridgehead atoms. The first kappa shape index (κ1) is 19.4. The van der Waals surface area contributed by atoms with Crippen LogP contribution in [0.1, 0.15) is 12.8 Å². The molecule has 8 nitrogen and oxygen atoms in total. The molecule has 0 spiro atoms. The zero-order valence-corrected chi connectivity index (χ0v) is 16.6. The zero-order valence-electron chi connectivity index (χ0n) is 15.8. The lowest BCUT2D eigenvalue weighted by Gasteiger charge is -2.30. The van der Waals surface area contributed by atoms with Crippen LogP contribution in [0.5, 0.6) is 0 Å². The molecular formula is C20H22N4O4S. The molecule has 2 aliphatic heterocycles. The number of nitrogens with one attached hydrogen (secondary N) is 2. The highest BCUT2D eigenvalue weighted by molar-refractivity contribution is 7.89. The topological polar surface area (TPSA) is 98.8 Å². The summed E-state index contributed by atoms with van der Waals surface area (Å²) >= 11 is 0. The lowest BCUT2D eigenvalue weighted by molar-refractivity contribution is -0.115. The summed E-state index contributed by atoms with van der Waals surface area (Å²) in [5, 5.41) is 5.55. The Morgan fingerprint density at radius 1 is 1.03 bits per heavy atom. The van der Waals surface area contributed by atoms with E-state index >= 15 is 0 Å². The lowest BCUT2D eigenvalue weighted by Crippen LogP contribution is -2.42. The molecule has 0 atom stereocenters. The molecule has 29 heavy (non-hydrogen) atoms. The number of amides is 2. The van der Waals surface area contributed by atoms with Gasteiger partial charge in [0.1, 0.15) is 0 Å². The predicted octanol–water partition coefficient (Wildman–Crippen LogP) is 1.87. The number of benzene rings is 2. The number of nitrogens with zero attached hydrogens (tertiary/aromatic N) is 2. The Labute approximate surface area is 169 Å². The Morgan fingerprint density at radius 2 is 1.72 bits per heavy atom. The normalized spacial score (nSPS) is 17.0. The smallest absolute Gasteiger partial charge is 0.243 e. The average molecular weight is 414 g/mol. The van der Waals surface area contributed by atoms with Crippen molar-refractivity contribution in [1.29, 1.82) is 0 Å². The molecule has 4 rings (SSSR count). The van der Waals surface area contributed by atoms with Gasteiger partial charge in [0.05, 0.1) is 29.4 Å². The molecule has 2 amide bonds. The van der Waals surface area contributed by atoms with Gasteiger partial charge in [0.25, 0.3) is 0 Å². The molecule has 2 heterocycles. The van der Waals surface area contributed by atoms with Crippen molar-refractivity contribution in [3.63, 3.8) is 0 Å². The van der Waals surface area contributed by atoms with E-state index in [-0.39, 0.29) is 29.8 Å². The van der Waals surface area contributed by atoms with E-state index in [1.807, 2.05) is 18.2 Å². The predicted molar refractivity (Wildman–Crippen MR) is 110 cm³/mol. The number of anilines is 3. The summed E-state index contributed by atoms with van der Waals surface area (Å²) in [7, 11) is -3.48.